The van der Waals surface area contributed by atoms with Crippen molar-refractivity contribution >= 4 is 28.1 Å². The zero-order chi connectivity index (χ0) is 21.3. The first-order valence-electron chi connectivity index (χ1n) is 10.3. The number of aromatic amines is 1. The van der Waals surface area contributed by atoms with E-state index in [1.807, 2.05) is 36.4 Å². The van der Waals surface area contributed by atoms with Gasteiger partial charge >= 0.3 is 0 Å². The second-order valence-corrected chi connectivity index (χ2v) is 7.98. The maximum atomic E-state index is 12.1. The van der Waals surface area contributed by atoms with Crippen molar-refractivity contribution in [3.63, 3.8) is 0 Å². The minimum absolute atomic E-state index is 0.117. The molecule has 1 amide bonds. The van der Waals surface area contributed by atoms with Crippen molar-refractivity contribution in [1.82, 2.24) is 15.1 Å². The van der Waals surface area contributed by atoms with E-state index < -0.39 is 0 Å². The van der Waals surface area contributed by atoms with Crippen LogP contribution < -0.4 is 15.8 Å². The molecule has 2 N–H and O–H groups in total. The number of hydrogen-bond donors (Lipinski definition) is 2. The number of rotatable bonds is 4. The van der Waals surface area contributed by atoms with Gasteiger partial charge in [-0.05, 0) is 32.0 Å². The van der Waals surface area contributed by atoms with Crippen molar-refractivity contribution in [2.75, 3.05) is 36.4 Å². The second-order valence-electron chi connectivity index (χ2n) is 7.98. The van der Waals surface area contributed by atoms with E-state index in [-0.39, 0.29) is 11.5 Å². The van der Waals surface area contributed by atoms with E-state index in [0.717, 1.165) is 48.5 Å². The van der Waals surface area contributed by atoms with E-state index in [9.17, 15) is 9.59 Å². The van der Waals surface area contributed by atoms with E-state index in [0.29, 0.717) is 17.1 Å². The minimum Gasteiger partial charge on any atom is -0.367 e. The molecule has 0 atom stereocenters. The number of amides is 1. The highest BCUT2D eigenvalue weighted by atomic mass is 16.1. The Balaban J connectivity index is 1.73. The van der Waals surface area contributed by atoms with Crippen molar-refractivity contribution in [1.29, 1.82) is 0 Å². The number of nitrogens with one attached hydrogen (secondary N) is 2. The molecule has 0 saturated carbocycles. The van der Waals surface area contributed by atoms with Crippen LogP contribution in [0.1, 0.15) is 20.8 Å². The molecular weight excluding hydrogens is 378 g/mol. The molecule has 3 aromatic rings. The highest BCUT2D eigenvalue weighted by molar-refractivity contribution is 5.97. The van der Waals surface area contributed by atoms with Crippen molar-refractivity contribution < 1.29 is 4.79 Å². The molecule has 1 saturated heterocycles. The predicted molar refractivity (Wildman–Crippen MR) is 121 cm³/mol. The summed E-state index contributed by atoms with van der Waals surface area (Å²) < 4.78 is 0. The largest absolute Gasteiger partial charge is 0.367 e. The van der Waals surface area contributed by atoms with Crippen molar-refractivity contribution in [3.05, 3.63) is 52.8 Å². The van der Waals surface area contributed by atoms with Gasteiger partial charge in [0.2, 0.25) is 5.91 Å². The average molecular weight is 406 g/mol. The molecule has 1 aliphatic rings. The lowest BCUT2D eigenvalue weighted by Gasteiger charge is -2.38. The van der Waals surface area contributed by atoms with Crippen LogP contribution in [0.4, 0.5) is 11.4 Å². The predicted octanol–water partition coefficient (Wildman–Crippen LogP) is 3.08. The molecular formula is C23H27N5O2. The Hall–Kier alpha value is -3.19. The summed E-state index contributed by atoms with van der Waals surface area (Å²) in [5.74, 6) is -0.117. The van der Waals surface area contributed by atoms with Crippen molar-refractivity contribution in [2.24, 2.45) is 0 Å². The second kappa shape index (κ2) is 8.28. The fourth-order valence-electron chi connectivity index (χ4n) is 4.06. The summed E-state index contributed by atoms with van der Waals surface area (Å²) in [6.07, 6.45) is 0. The topological polar surface area (TPSA) is 81.3 Å². The molecule has 2 heterocycles. The van der Waals surface area contributed by atoms with Crippen LogP contribution in [0.25, 0.3) is 22.0 Å². The zero-order valence-electron chi connectivity index (χ0n) is 17.6. The molecule has 0 radical (unpaired) electrons. The summed E-state index contributed by atoms with van der Waals surface area (Å²) in [6.45, 7) is 9.74. The Labute approximate surface area is 175 Å². The first-order valence-corrected chi connectivity index (χ1v) is 10.3. The van der Waals surface area contributed by atoms with Gasteiger partial charge in [0.25, 0.3) is 5.56 Å². The Bertz CT molecular complexity index is 1130. The number of benzene rings is 2. The van der Waals surface area contributed by atoms with E-state index in [2.05, 4.69) is 39.2 Å². The van der Waals surface area contributed by atoms with Crippen LogP contribution in [0.5, 0.6) is 0 Å². The summed E-state index contributed by atoms with van der Waals surface area (Å²) in [5, 5.41) is 11.2. The van der Waals surface area contributed by atoms with Crippen LogP contribution in [-0.2, 0) is 4.79 Å². The number of hydrogen-bond acceptors (Lipinski definition) is 5. The van der Waals surface area contributed by atoms with Crippen LogP contribution in [0.15, 0.2) is 47.3 Å². The summed E-state index contributed by atoms with van der Waals surface area (Å²) >= 11 is 0. The molecule has 156 valence electrons. The normalized spacial score (nSPS) is 15.0. The standard InChI is InChI=1S/C23H27N5O2/c1-15(2)27-10-12-28(13-11-27)21-9-8-17(14-20(21)24-16(3)29)22-18-6-4-5-7-19(18)23(30)26-25-22/h4-9,14-15H,10-13H2,1-3H3,(H,24,29)(H,26,30). The van der Waals surface area contributed by atoms with E-state index >= 15 is 0 Å². The molecule has 30 heavy (non-hydrogen) atoms. The summed E-state index contributed by atoms with van der Waals surface area (Å²) in [6, 6.07) is 13.9. The lowest BCUT2D eigenvalue weighted by atomic mass is 10.0. The fourth-order valence-corrected chi connectivity index (χ4v) is 4.06. The number of anilines is 2. The van der Waals surface area contributed by atoms with E-state index in [1.54, 1.807) is 6.07 Å². The van der Waals surface area contributed by atoms with Gasteiger partial charge in [0, 0.05) is 50.1 Å². The first-order chi connectivity index (χ1) is 14.4. The fraction of sp³-hybridized carbons (Fsp3) is 0.348. The third kappa shape index (κ3) is 3.93. The number of fused-ring (bicyclic) bond motifs is 1. The molecule has 7 heteroatoms. The maximum Gasteiger partial charge on any atom is 0.272 e. The third-order valence-corrected chi connectivity index (χ3v) is 5.66. The Kier molecular flexibility index (Phi) is 5.55. The number of piperazine rings is 1. The van der Waals surface area contributed by atoms with Gasteiger partial charge in [-0.1, -0.05) is 24.3 Å². The molecule has 0 spiro atoms. The molecule has 1 aliphatic heterocycles. The summed E-state index contributed by atoms with van der Waals surface area (Å²) in [4.78, 5) is 28.8. The Morgan fingerprint density at radius 1 is 1.07 bits per heavy atom. The molecule has 0 unspecified atom stereocenters. The highest BCUT2D eigenvalue weighted by Crippen LogP contribution is 2.33. The van der Waals surface area contributed by atoms with Crippen LogP contribution >= 0.6 is 0 Å². The molecule has 0 bridgehead atoms. The van der Waals surface area contributed by atoms with Gasteiger partial charge in [-0.3, -0.25) is 14.5 Å². The lowest BCUT2D eigenvalue weighted by Crippen LogP contribution is -2.49. The SMILES string of the molecule is CC(=O)Nc1cc(-c2n[nH]c(=O)c3ccccc23)ccc1N1CCN(C(C)C)CC1. The number of carbonyl (C=O) groups is 1. The Morgan fingerprint density at radius 2 is 1.77 bits per heavy atom. The van der Waals surface area contributed by atoms with Gasteiger partial charge in [-0.25, -0.2) is 5.10 Å². The van der Waals surface area contributed by atoms with Crippen LogP contribution in [0.3, 0.4) is 0 Å². The first kappa shape index (κ1) is 20.1. The van der Waals surface area contributed by atoms with Gasteiger partial charge < -0.3 is 10.2 Å². The zero-order valence-corrected chi connectivity index (χ0v) is 17.6. The van der Waals surface area contributed by atoms with Crippen LogP contribution in [0, 0.1) is 0 Å². The smallest absolute Gasteiger partial charge is 0.272 e. The molecule has 7 nitrogen and oxygen atoms in total. The van der Waals surface area contributed by atoms with E-state index in [4.69, 9.17) is 0 Å². The number of carbonyl (C=O) groups excluding carboxylic acids is 1. The minimum atomic E-state index is -0.212. The average Bonchev–Trinajstić information content (AvgIpc) is 2.74. The van der Waals surface area contributed by atoms with Gasteiger partial charge in [0.15, 0.2) is 0 Å². The van der Waals surface area contributed by atoms with Gasteiger partial charge in [0.1, 0.15) is 0 Å². The monoisotopic (exact) mass is 405 g/mol. The molecule has 4 rings (SSSR count). The third-order valence-electron chi connectivity index (χ3n) is 5.66. The highest BCUT2D eigenvalue weighted by Gasteiger charge is 2.22. The quantitative estimate of drug-likeness (QED) is 0.697. The van der Waals surface area contributed by atoms with Crippen LogP contribution in [0.2, 0.25) is 0 Å². The molecule has 1 aromatic heterocycles. The number of H-pyrrole nitrogens is 1. The van der Waals surface area contributed by atoms with Gasteiger partial charge in [-0.2, -0.15) is 5.10 Å². The van der Waals surface area contributed by atoms with Crippen LogP contribution in [-0.4, -0.2) is 53.2 Å². The van der Waals surface area contributed by atoms with Crippen molar-refractivity contribution in [2.45, 2.75) is 26.8 Å². The molecule has 0 aliphatic carbocycles. The van der Waals surface area contributed by atoms with Crippen molar-refractivity contribution in [3.8, 4) is 11.3 Å². The summed E-state index contributed by atoms with van der Waals surface area (Å²) in [5.41, 5.74) is 3.08. The lowest BCUT2D eigenvalue weighted by molar-refractivity contribution is -0.114. The summed E-state index contributed by atoms with van der Waals surface area (Å²) in [7, 11) is 0. The van der Waals surface area contributed by atoms with E-state index in [1.165, 1.54) is 6.92 Å². The van der Waals surface area contributed by atoms with Gasteiger partial charge in [0.05, 0.1) is 22.5 Å². The number of nitrogens with zero attached hydrogens (tertiary/aromatic N) is 3. The maximum absolute atomic E-state index is 12.1. The molecule has 1 fully saturated rings. The molecule has 2 aromatic carbocycles. The Morgan fingerprint density at radius 3 is 2.43 bits per heavy atom. The van der Waals surface area contributed by atoms with Gasteiger partial charge in [-0.15, -0.1) is 0 Å². The number of aromatic nitrogens is 2.